The van der Waals surface area contributed by atoms with Gasteiger partial charge in [0.15, 0.2) is 0 Å². The van der Waals surface area contributed by atoms with E-state index in [9.17, 15) is 27.9 Å². The van der Waals surface area contributed by atoms with Crippen molar-refractivity contribution >= 4 is 17.6 Å². The van der Waals surface area contributed by atoms with E-state index in [1.54, 1.807) is 7.11 Å². The number of rotatable bonds is 8. The number of hydrogen-bond donors (Lipinski definition) is 1. The third-order valence-electron chi connectivity index (χ3n) is 10.4. The Morgan fingerprint density at radius 2 is 1.67 bits per heavy atom. The Kier molecular flexibility index (Phi) is 12.1. The quantitative estimate of drug-likeness (QED) is 0.364. The second-order valence-corrected chi connectivity index (χ2v) is 13.4. The van der Waals surface area contributed by atoms with Crippen molar-refractivity contribution in [2.24, 2.45) is 11.8 Å². The van der Waals surface area contributed by atoms with E-state index < -0.39 is 35.2 Å². The number of carboxylic acids is 1. The molecule has 4 aliphatic rings. The van der Waals surface area contributed by atoms with E-state index in [-0.39, 0.29) is 50.5 Å². The highest BCUT2D eigenvalue weighted by Crippen LogP contribution is 2.43. The van der Waals surface area contributed by atoms with Crippen molar-refractivity contribution in [1.29, 1.82) is 0 Å². The van der Waals surface area contributed by atoms with E-state index in [4.69, 9.17) is 14.2 Å². The number of methoxy groups -OCH3 is 2. The van der Waals surface area contributed by atoms with Crippen LogP contribution in [0.25, 0.3) is 0 Å². The van der Waals surface area contributed by atoms with Crippen LogP contribution in [-0.4, -0.2) is 112 Å². The van der Waals surface area contributed by atoms with Gasteiger partial charge in [-0.05, 0) is 55.5 Å². The van der Waals surface area contributed by atoms with E-state index in [2.05, 4.69) is 4.90 Å². The molecule has 0 bridgehead atoms. The molecule has 6 rings (SSSR count). The van der Waals surface area contributed by atoms with Gasteiger partial charge in [-0.1, -0.05) is 24.3 Å². The number of alkyl halides is 4. The maximum absolute atomic E-state index is 16.2. The van der Waals surface area contributed by atoms with Gasteiger partial charge in [0.2, 0.25) is 5.67 Å². The zero-order valence-electron chi connectivity index (χ0n) is 28.2. The van der Waals surface area contributed by atoms with Crippen molar-refractivity contribution < 1.29 is 46.5 Å². The molecule has 1 amide bonds. The van der Waals surface area contributed by atoms with Gasteiger partial charge in [-0.3, -0.25) is 14.5 Å². The van der Waals surface area contributed by atoms with Gasteiger partial charge in [-0.25, -0.2) is 4.39 Å². The van der Waals surface area contributed by atoms with Gasteiger partial charge in [-0.2, -0.15) is 13.2 Å². The Morgan fingerprint density at radius 3 is 2.27 bits per heavy atom. The van der Waals surface area contributed by atoms with Crippen molar-refractivity contribution in [1.82, 2.24) is 9.80 Å². The van der Waals surface area contributed by atoms with Crippen LogP contribution in [0.3, 0.4) is 0 Å². The molecule has 0 aliphatic carbocycles. The van der Waals surface area contributed by atoms with Gasteiger partial charge in [-0.15, -0.1) is 0 Å². The summed E-state index contributed by atoms with van der Waals surface area (Å²) >= 11 is 0. The summed E-state index contributed by atoms with van der Waals surface area (Å²) in [7, 11) is 3.20. The predicted molar refractivity (Wildman–Crippen MR) is 176 cm³/mol. The highest BCUT2D eigenvalue weighted by atomic mass is 19.4. The number of likely N-dealkylation sites (tertiary alicyclic amines) is 2. The summed E-state index contributed by atoms with van der Waals surface area (Å²) in [6.07, 6.45) is -2.15. The summed E-state index contributed by atoms with van der Waals surface area (Å²) in [4.78, 5) is 30.5. The molecule has 1 N–H and O–H groups in total. The summed E-state index contributed by atoms with van der Waals surface area (Å²) in [6, 6.07) is 13.5. The predicted octanol–water partition coefficient (Wildman–Crippen LogP) is 5.48. The van der Waals surface area contributed by atoms with Crippen molar-refractivity contribution in [3.8, 4) is 5.75 Å². The minimum Gasteiger partial charge on any atom is -0.497 e. The number of aliphatic carboxylic acids is 1. The summed E-state index contributed by atoms with van der Waals surface area (Å²) in [6.45, 7) is 3.12. The van der Waals surface area contributed by atoms with Gasteiger partial charge < -0.3 is 29.1 Å². The van der Waals surface area contributed by atoms with Crippen LogP contribution >= 0.6 is 0 Å². The Balaban J connectivity index is 0.000000514. The van der Waals surface area contributed by atoms with Crippen LogP contribution < -0.4 is 9.64 Å². The Hall–Kier alpha value is -3.42. The molecule has 270 valence electrons. The lowest BCUT2D eigenvalue weighted by Gasteiger charge is -2.35. The standard InChI is InChI=1S/C29H39F4N3O5.C7H8O/c1-40-17-20-15-36(27(39)28(30)8-11-35(18-28)22-6-12-41-13-7-22)16-24(20)23-3-2-21(29(31,32)33)14-25(23)34-9-4-19(5-10-34)26(37)38;1-8-7-5-3-2-4-6-7/h2-3,14,19-20,22,24H,4-13,15-18H2,1H3,(H,37,38);2-6H,1H3/t20-,24?,28-;/m1./s1. The minimum atomic E-state index is -4.55. The molecule has 3 atom stereocenters. The first-order valence-electron chi connectivity index (χ1n) is 17.0. The number of nitrogens with zero attached hydrogens (tertiary/aromatic N) is 3. The monoisotopic (exact) mass is 693 g/mol. The molecule has 4 fully saturated rings. The highest BCUT2D eigenvalue weighted by Gasteiger charge is 2.51. The maximum Gasteiger partial charge on any atom is 0.416 e. The highest BCUT2D eigenvalue weighted by molar-refractivity contribution is 5.86. The summed E-state index contributed by atoms with van der Waals surface area (Å²) in [5, 5.41) is 9.39. The smallest absolute Gasteiger partial charge is 0.416 e. The van der Waals surface area contributed by atoms with Crippen LogP contribution in [0.2, 0.25) is 0 Å². The summed E-state index contributed by atoms with van der Waals surface area (Å²) in [5.41, 5.74) is -1.75. The lowest BCUT2D eigenvalue weighted by molar-refractivity contribution is -0.143. The molecule has 4 saturated heterocycles. The van der Waals surface area contributed by atoms with Gasteiger partial charge in [0, 0.05) is 89.6 Å². The molecule has 0 radical (unpaired) electrons. The second kappa shape index (κ2) is 16.1. The van der Waals surface area contributed by atoms with Crippen LogP contribution in [0.1, 0.15) is 49.1 Å². The molecule has 2 aromatic rings. The number of benzene rings is 2. The van der Waals surface area contributed by atoms with Crippen LogP contribution in [0, 0.1) is 11.8 Å². The van der Waals surface area contributed by atoms with E-state index in [0.29, 0.717) is 56.9 Å². The first-order valence-corrected chi connectivity index (χ1v) is 17.0. The molecular formula is C36H47F4N3O6. The number of amides is 1. The second-order valence-electron chi connectivity index (χ2n) is 13.4. The molecule has 4 heterocycles. The number of anilines is 1. The number of carbonyl (C=O) groups excluding carboxylic acids is 1. The number of carboxylic acid groups (broad SMARTS) is 1. The maximum atomic E-state index is 16.2. The van der Waals surface area contributed by atoms with Crippen LogP contribution in [-0.2, 0) is 25.2 Å². The van der Waals surface area contributed by atoms with Crippen molar-refractivity contribution in [3.63, 3.8) is 0 Å². The fourth-order valence-corrected chi connectivity index (χ4v) is 7.62. The molecule has 0 saturated carbocycles. The largest absolute Gasteiger partial charge is 0.497 e. The SMILES string of the molecule is COC[C@H]1CN(C(=O)[C@@]2(F)CCN(C3CCOCC3)C2)CC1c1ccc(C(F)(F)F)cc1N1CCC(C(=O)O)CC1.COc1ccccc1. The minimum absolute atomic E-state index is 0.0384. The zero-order chi connectivity index (χ0) is 35.2. The van der Waals surface area contributed by atoms with Crippen molar-refractivity contribution in [2.75, 3.05) is 78.2 Å². The summed E-state index contributed by atoms with van der Waals surface area (Å²) in [5.74, 6) is -1.67. The number of para-hydroxylation sites is 1. The Morgan fingerprint density at radius 1 is 0.980 bits per heavy atom. The topological polar surface area (TPSA) is 91.8 Å². The van der Waals surface area contributed by atoms with Gasteiger partial charge in [0.05, 0.1) is 25.2 Å². The number of halogens is 4. The number of ether oxygens (including phenoxy) is 3. The third kappa shape index (κ3) is 8.85. The Labute approximate surface area is 285 Å². The van der Waals surface area contributed by atoms with Crippen LogP contribution in [0.4, 0.5) is 23.2 Å². The summed E-state index contributed by atoms with van der Waals surface area (Å²) < 4.78 is 73.2. The van der Waals surface area contributed by atoms with Crippen molar-refractivity contribution in [3.05, 3.63) is 59.7 Å². The first kappa shape index (κ1) is 36.9. The third-order valence-corrected chi connectivity index (χ3v) is 10.4. The number of piperidine rings is 1. The molecule has 9 nitrogen and oxygen atoms in total. The molecule has 4 aliphatic heterocycles. The molecule has 1 unspecified atom stereocenters. The lowest BCUT2D eigenvalue weighted by atomic mass is 9.86. The average Bonchev–Trinajstić information content (AvgIpc) is 3.73. The van der Waals surface area contributed by atoms with E-state index >= 15 is 4.39 Å². The van der Waals surface area contributed by atoms with Gasteiger partial charge in [0.1, 0.15) is 5.75 Å². The number of hydrogen-bond acceptors (Lipinski definition) is 7. The van der Waals surface area contributed by atoms with Crippen LogP contribution in [0.15, 0.2) is 48.5 Å². The average molecular weight is 694 g/mol. The Bertz CT molecular complexity index is 1400. The van der Waals surface area contributed by atoms with E-state index in [0.717, 1.165) is 30.7 Å². The van der Waals surface area contributed by atoms with Gasteiger partial charge in [0.25, 0.3) is 5.91 Å². The first-order chi connectivity index (χ1) is 23.4. The fraction of sp³-hybridized carbons (Fsp3) is 0.611. The lowest BCUT2D eigenvalue weighted by Crippen LogP contribution is -2.48. The normalized spacial score (nSPS) is 25.6. The van der Waals surface area contributed by atoms with Crippen molar-refractivity contribution in [2.45, 2.75) is 55.9 Å². The molecule has 49 heavy (non-hydrogen) atoms. The molecule has 2 aromatic carbocycles. The van der Waals surface area contributed by atoms with Gasteiger partial charge >= 0.3 is 12.1 Å². The molecule has 0 aromatic heterocycles. The zero-order valence-corrected chi connectivity index (χ0v) is 28.2. The van der Waals surface area contributed by atoms with E-state index in [1.807, 2.05) is 35.2 Å². The van der Waals surface area contributed by atoms with E-state index in [1.165, 1.54) is 18.1 Å². The van der Waals surface area contributed by atoms with Crippen LogP contribution in [0.5, 0.6) is 5.75 Å². The molecular weight excluding hydrogens is 646 g/mol. The molecule has 0 spiro atoms. The fourth-order valence-electron chi connectivity index (χ4n) is 7.62. The molecule has 13 heteroatoms. The number of carbonyl (C=O) groups is 2.